The van der Waals surface area contributed by atoms with E-state index in [1.54, 1.807) is 0 Å². The Morgan fingerprint density at radius 3 is 2.95 bits per heavy atom. The van der Waals surface area contributed by atoms with E-state index in [9.17, 15) is 14.7 Å². The van der Waals surface area contributed by atoms with Gasteiger partial charge in [0.2, 0.25) is 5.91 Å². The van der Waals surface area contributed by atoms with Crippen molar-refractivity contribution in [2.75, 3.05) is 18.5 Å². The molecule has 1 saturated heterocycles. The molecule has 110 valence electrons. The lowest BCUT2D eigenvalue weighted by atomic mass is 10.2. The van der Waals surface area contributed by atoms with E-state index in [1.165, 1.54) is 6.20 Å². The minimum absolute atomic E-state index is 0.113. The summed E-state index contributed by atoms with van der Waals surface area (Å²) >= 11 is 0. The van der Waals surface area contributed by atoms with Gasteiger partial charge in [-0.3, -0.25) is 4.79 Å². The van der Waals surface area contributed by atoms with E-state index in [0.717, 1.165) is 4.68 Å². The van der Waals surface area contributed by atoms with Gasteiger partial charge >= 0.3 is 5.69 Å². The summed E-state index contributed by atoms with van der Waals surface area (Å²) in [7, 11) is 0. The van der Waals surface area contributed by atoms with Crippen LogP contribution in [0.4, 0.5) is 5.82 Å². The zero-order valence-corrected chi connectivity index (χ0v) is 10.5. The van der Waals surface area contributed by atoms with Gasteiger partial charge in [0.25, 0.3) is 0 Å². The van der Waals surface area contributed by atoms with Crippen LogP contribution in [0.1, 0.15) is 12.6 Å². The molecule has 1 aromatic heterocycles. The molecular weight excluding hydrogens is 270 g/mol. The van der Waals surface area contributed by atoms with Crippen LogP contribution in [0.5, 0.6) is 0 Å². The summed E-state index contributed by atoms with van der Waals surface area (Å²) < 4.78 is 6.26. The van der Waals surface area contributed by atoms with Crippen molar-refractivity contribution in [3.63, 3.8) is 0 Å². The maximum Gasteiger partial charge on any atom is 0.368 e. The van der Waals surface area contributed by atoms with Crippen molar-refractivity contribution in [1.29, 1.82) is 0 Å². The summed E-state index contributed by atoms with van der Waals surface area (Å²) in [5.74, 6) is -0.480. The fraction of sp³-hybridized carbons (Fsp3) is 0.600. The molecule has 2 heterocycles. The number of hydrogen-bond donors (Lipinski definition) is 4. The molecule has 5 N–H and O–H groups in total. The van der Waals surface area contributed by atoms with Gasteiger partial charge in [0.05, 0.1) is 25.5 Å². The highest BCUT2D eigenvalue weighted by atomic mass is 16.5. The lowest BCUT2D eigenvalue weighted by Gasteiger charge is -2.13. The quantitative estimate of drug-likeness (QED) is 0.452. The van der Waals surface area contributed by atoms with Gasteiger partial charge in [0.15, 0.2) is 12.0 Å². The standard InChI is InChI=1S/C10H15N5O5/c11-7(18)2-12-8-3-13-15(10(19)14-8)9-1-5(17)6(4-16)20-9/h3,5-6,9,16-17H,1-2,4H2,(H2,11,18)(H,12,14,19)/t5-,6+,9?/m0/s1. The lowest BCUT2D eigenvalue weighted by molar-refractivity contribution is -0.116. The van der Waals surface area contributed by atoms with E-state index >= 15 is 0 Å². The molecule has 3 atom stereocenters. The van der Waals surface area contributed by atoms with Crippen LogP contribution in [-0.4, -0.2) is 56.2 Å². The number of amides is 1. The van der Waals surface area contributed by atoms with E-state index in [-0.39, 0.29) is 25.4 Å². The predicted octanol–water partition coefficient (Wildman–Crippen LogP) is -2.82. The Morgan fingerprint density at radius 2 is 2.40 bits per heavy atom. The SMILES string of the molecule is NC(=O)CNc1cnn(C2C[C@H](O)[C@@H](CO)O2)c(=O)n1. The molecule has 10 nitrogen and oxygen atoms in total. The van der Waals surface area contributed by atoms with Crippen LogP contribution in [0.25, 0.3) is 0 Å². The van der Waals surface area contributed by atoms with E-state index in [0.29, 0.717) is 0 Å². The normalized spacial score (nSPS) is 25.6. The summed E-state index contributed by atoms with van der Waals surface area (Å²) in [6.45, 7) is -0.512. The largest absolute Gasteiger partial charge is 0.394 e. The minimum atomic E-state index is -0.869. The topological polar surface area (TPSA) is 153 Å². The molecule has 1 aliphatic heterocycles. The van der Waals surface area contributed by atoms with Gasteiger partial charge in [-0.2, -0.15) is 14.8 Å². The third-order valence-electron chi connectivity index (χ3n) is 2.82. The number of carbonyl (C=O) groups is 1. The molecule has 0 bridgehead atoms. The number of aliphatic hydroxyl groups is 2. The number of anilines is 1. The summed E-state index contributed by atoms with van der Waals surface area (Å²) in [5, 5.41) is 25.0. The lowest BCUT2D eigenvalue weighted by Crippen LogP contribution is -2.31. The first-order valence-electron chi connectivity index (χ1n) is 5.93. The summed E-state index contributed by atoms with van der Waals surface area (Å²) in [5.41, 5.74) is 4.25. The zero-order valence-electron chi connectivity index (χ0n) is 10.5. The number of nitrogens with two attached hydrogens (primary N) is 1. The van der Waals surface area contributed by atoms with Crippen molar-refractivity contribution in [2.24, 2.45) is 5.73 Å². The van der Waals surface area contributed by atoms with Gasteiger partial charge in [-0.25, -0.2) is 4.79 Å². The number of rotatable bonds is 5. The van der Waals surface area contributed by atoms with Gasteiger partial charge in [-0.05, 0) is 0 Å². The fourth-order valence-corrected chi connectivity index (χ4v) is 1.84. The van der Waals surface area contributed by atoms with Crippen LogP contribution in [0, 0.1) is 0 Å². The Balaban J connectivity index is 2.10. The molecule has 0 aliphatic carbocycles. The summed E-state index contributed by atoms with van der Waals surface area (Å²) in [6.07, 6.45) is -1.03. The maximum absolute atomic E-state index is 11.8. The number of nitrogens with zero attached hydrogens (tertiary/aromatic N) is 3. The van der Waals surface area contributed by atoms with Crippen LogP contribution in [-0.2, 0) is 9.53 Å². The molecule has 0 spiro atoms. The first kappa shape index (κ1) is 14.4. The second kappa shape index (κ2) is 5.94. The van der Waals surface area contributed by atoms with Crippen LogP contribution in [0.3, 0.4) is 0 Å². The highest BCUT2D eigenvalue weighted by Crippen LogP contribution is 2.26. The highest BCUT2D eigenvalue weighted by Gasteiger charge is 2.35. The van der Waals surface area contributed by atoms with Gasteiger partial charge in [0, 0.05) is 6.42 Å². The maximum atomic E-state index is 11.8. The van der Waals surface area contributed by atoms with Crippen LogP contribution >= 0.6 is 0 Å². The molecule has 1 unspecified atom stereocenters. The van der Waals surface area contributed by atoms with Crippen molar-refractivity contribution < 1.29 is 19.7 Å². The van der Waals surface area contributed by atoms with E-state index in [2.05, 4.69) is 15.4 Å². The number of aliphatic hydroxyl groups excluding tert-OH is 2. The van der Waals surface area contributed by atoms with Crippen molar-refractivity contribution in [3.8, 4) is 0 Å². The molecule has 1 aromatic rings. The van der Waals surface area contributed by atoms with Crippen LogP contribution in [0.15, 0.2) is 11.0 Å². The predicted molar refractivity (Wildman–Crippen MR) is 65.6 cm³/mol. The Kier molecular flexibility index (Phi) is 4.27. The van der Waals surface area contributed by atoms with Gasteiger partial charge in [-0.1, -0.05) is 0 Å². The van der Waals surface area contributed by atoms with Crippen LogP contribution < -0.4 is 16.7 Å². The highest BCUT2D eigenvalue weighted by molar-refractivity contribution is 5.78. The van der Waals surface area contributed by atoms with Crippen molar-refractivity contribution in [2.45, 2.75) is 24.9 Å². The molecule has 0 saturated carbocycles. The van der Waals surface area contributed by atoms with E-state index in [1.807, 2.05) is 0 Å². The monoisotopic (exact) mass is 285 g/mol. The average Bonchev–Trinajstić information content (AvgIpc) is 2.77. The Labute approximate surface area is 113 Å². The Bertz CT molecular complexity index is 547. The molecule has 1 fully saturated rings. The second-order valence-corrected chi connectivity index (χ2v) is 4.30. The third kappa shape index (κ3) is 3.10. The second-order valence-electron chi connectivity index (χ2n) is 4.30. The van der Waals surface area contributed by atoms with Gasteiger partial charge < -0.3 is 26.0 Å². The third-order valence-corrected chi connectivity index (χ3v) is 2.82. The molecule has 0 aromatic carbocycles. The number of ether oxygens (including phenoxy) is 1. The molecule has 10 heteroatoms. The average molecular weight is 285 g/mol. The Hall–Kier alpha value is -2.04. The smallest absolute Gasteiger partial charge is 0.368 e. The zero-order chi connectivity index (χ0) is 14.7. The van der Waals surface area contributed by atoms with Gasteiger partial charge in [-0.15, -0.1) is 0 Å². The van der Waals surface area contributed by atoms with Crippen molar-refractivity contribution >= 4 is 11.7 Å². The summed E-state index contributed by atoms with van der Waals surface area (Å²) in [4.78, 5) is 26.0. The number of aromatic nitrogens is 3. The van der Waals surface area contributed by atoms with Crippen molar-refractivity contribution in [3.05, 3.63) is 16.7 Å². The summed E-state index contributed by atoms with van der Waals surface area (Å²) in [6, 6.07) is 0. The number of primary amides is 1. The van der Waals surface area contributed by atoms with Gasteiger partial charge in [0.1, 0.15) is 6.10 Å². The molecule has 1 aliphatic rings. The molecule has 1 amide bonds. The molecular formula is C10H15N5O5. The fourth-order valence-electron chi connectivity index (χ4n) is 1.84. The first-order valence-corrected chi connectivity index (χ1v) is 5.93. The van der Waals surface area contributed by atoms with Crippen molar-refractivity contribution in [1.82, 2.24) is 14.8 Å². The number of hydrogen-bond acceptors (Lipinski definition) is 8. The van der Waals surface area contributed by atoms with E-state index in [4.69, 9.17) is 15.6 Å². The number of carbonyl (C=O) groups excluding carboxylic acids is 1. The molecule has 2 rings (SSSR count). The Morgan fingerprint density at radius 1 is 1.65 bits per heavy atom. The first-order chi connectivity index (χ1) is 9.51. The van der Waals surface area contributed by atoms with E-state index < -0.39 is 30.0 Å². The molecule has 20 heavy (non-hydrogen) atoms. The number of nitrogens with one attached hydrogen (secondary N) is 1. The minimum Gasteiger partial charge on any atom is -0.394 e. The van der Waals surface area contributed by atoms with Crippen LogP contribution in [0.2, 0.25) is 0 Å². The molecule has 0 radical (unpaired) electrons.